The number of rotatable bonds is 8. The number of methoxy groups -OCH3 is 1. The van der Waals surface area contributed by atoms with Crippen LogP contribution >= 0.6 is 11.6 Å². The Hall–Kier alpha value is -2.03. The van der Waals surface area contributed by atoms with Crippen LogP contribution in [0.4, 0.5) is 0 Å². The van der Waals surface area contributed by atoms with Crippen molar-refractivity contribution in [3.8, 4) is 11.1 Å². The van der Waals surface area contributed by atoms with Crippen LogP contribution in [0.2, 0.25) is 5.15 Å². The van der Waals surface area contributed by atoms with Crippen LogP contribution in [0.1, 0.15) is 75.0 Å². The van der Waals surface area contributed by atoms with Crippen molar-refractivity contribution < 1.29 is 19.4 Å². The van der Waals surface area contributed by atoms with Gasteiger partial charge in [0.25, 0.3) is 0 Å². The molecule has 1 saturated carbocycles. The highest BCUT2D eigenvalue weighted by Crippen LogP contribution is 2.62. The van der Waals surface area contributed by atoms with Crippen molar-refractivity contribution in [3.63, 3.8) is 0 Å². The molecule has 0 radical (unpaired) electrons. The molecule has 8 heteroatoms. The number of nitrogens with two attached hydrogens (primary N) is 1. The fraction of sp³-hybridized carbons (Fsp3) is 0.600. The molecule has 3 N–H and O–H groups in total. The Morgan fingerprint density at radius 1 is 1.34 bits per heavy atom. The number of amides is 1. The van der Waals surface area contributed by atoms with E-state index in [1.807, 2.05) is 17.0 Å². The maximum absolute atomic E-state index is 13.5. The van der Waals surface area contributed by atoms with Crippen molar-refractivity contribution in [3.05, 3.63) is 52.3 Å². The van der Waals surface area contributed by atoms with Crippen molar-refractivity contribution >= 4 is 17.5 Å². The summed E-state index contributed by atoms with van der Waals surface area (Å²) in [5.41, 5.74) is 8.21. The van der Waals surface area contributed by atoms with E-state index in [-0.39, 0.29) is 17.9 Å². The molecular formula is C30H40ClN3O4. The normalized spacial score (nSPS) is 28.6. The van der Waals surface area contributed by atoms with Crippen LogP contribution in [0.25, 0.3) is 11.1 Å². The minimum Gasteiger partial charge on any atom is -0.385 e. The number of carbonyl (C=O) groups excluding carboxylic acids is 1. The number of nitrogens with zero attached hydrogens (tertiary/aromatic N) is 2. The summed E-state index contributed by atoms with van der Waals surface area (Å²) >= 11 is 6.76. The number of carbonyl (C=O) groups is 1. The summed E-state index contributed by atoms with van der Waals surface area (Å²) in [7, 11) is 1.68. The Morgan fingerprint density at radius 2 is 2.16 bits per heavy atom. The van der Waals surface area contributed by atoms with Crippen molar-refractivity contribution in [1.82, 2.24) is 9.88 Å². The maximum Gasteiger partial charge on any atom is 0.225 e. The van der Waals surface area contributed by atoms with Gasteiger partial charge < -0.3 is 25.2 Å². The van der Waals surface area contributed by atoms with Gasteiger partial charge in [0.05, 0.1) is 13.2 Å². The van der Waals surface area contributed by atoms with Gasteiger partial charge in [0, 0.05) is 55.1 Å². The number of morpholine rings is 1. The highest BCUT2D eigenvalue weighted by molar-refractivity contribution is 6.32. The molecule has 1 amide bonds. The van der Waals surface area contributed by atoms with Gasteiger partial charge in [0.1, 0.15) is 16.4 Å². The predicted molar refractivity (Wildman–Crippen MR) is 148 cm³/mol. The summed E-state index contributed by atoms with van der Waals surface area (Å²) in [6, 6.07) is 8.36. The van der Waals surface area contributed by atoms with Crippen molar-refractivity contribution in [2.75, 3.05) is 33.4 Å². The van der Waals surface area contributed by atoms with Gasteiger partial charge in [-0.2, -0.15) is 0 Å². The number of aromatic nitrogens is 1. The number of hydrogen-bond donors (Lipinski definition) is 2. The van der Waals surface area contributed by atoms with Crippen LogP contribution in [0, 0.1) is 5.92 Å². The van der Waals surface area contributed by atoms with Crippen LogP contribution in [0.3, 0.4) is 0 Å². The van der Waals surface area contributed by atoms with E-state index < -0.39 is 11.2 Å². The molecule has 3 aliphatic rings. The lowest BCUT2D eigenvalue weighted by molar-refractivity contribution is -0.256. The molecule has 38 heavy (non-hydrogen) atoms. The molecule has 1 aliphatic heterocycles. The van der Waals surface area contributed by atoms with Gasteiger partial charge in [-0.3, -0.25) is 4.79 Å². The molecule has 0 unspecified atom stereocenters. The summed E-state index contributed by atoms with van der Waals surface area (Å²) in [5.74, 6) is 0.398. The van der Waals surface area contributed by atoms with Crippen molar-refractivity contribution in [1.29, 1.82) is 0 Å². The van der Waals surface area contributed by atoms with E-state index in [0.29, 0.717) is 50.2 Å². The zero-order valence-corrected chi connectivity index (χ0v) is 23.5. The Kier molecular flexibility index (Phi) is 7.87. The molecule has 206 valence electrons. The Morgan fingerprint density at radius 3 is 2.87 bits per heavy atom. The zero-order valence-electron chi connectivity index (χ0n) is 22.7. The van der Waals surface area contributed by atoms with E-state index in [9.17, 15) is 9.90 Å². The second-order valence-electron chi connectivity index (χ2n) is 11.5. The minimum atomic E-state index is -1.32. The quantitative estimate of drug-likeness (QED) is 0.370. The van der Waals surface area contributed by atoms with Gasteiger partial charge in [-0.15, -0.1) is 0 Å². The third kappa shape index (κ3) is 4.56. The largest absolute Gasteiger partial charge is 0.385 e. The molecule has 1 aromatic heterocycles. The summed E-state index contributed by atoms with van der Waals surface area (Å²) in [4.78, 5) is 20.0. The first kappa shape index (κ1) is 27.5. The second kappa shape index (κ2) is 10.9. The standard InChI is InChI=1S/C30H40ClN3O4/c1-19(2)20-7-6-8-21(15-20)25-26-24(17-33-27(25)31)30(29(26,36)11-4-5-13-37-3)18-34(12-14-38-30)28(35)22-9-10-23(32)16-22/h6-8,15,17,19,22-23,36H,4-5,9-14,16,18,32H2,1-3H3/t22-,23+,29-,30+/m1/s1. The summed E-state index contributed by atoms with van der Waals surface area (Å²) in [5, 5.41) is 12.9. The number of hydrogen-bond acceptors (Lipinski definition) is 6. The highest BCUT2D eigenvalue weighted by Gasteiger charge is 2.67. The van der Waals surface area contributed by atoms with Crippen LogP contribution in [0.15, 0.2) is 30.5 Å². The molecular weight excluding hydrogens is 502 g/mol. The van der Waals surface area contributed by atoms with Gasteiger partial charge in [-0.05, 0) is 55.6 Å². The summed E-state index contributed by atoms with van der Waals surface area (Å²) < 4.78 is 11.7. The number of benzene rings is 1. The number of ether oxygens (including phenoxy) is 2. The van der Waals surface area contributed by atoms with Crippen LogP contribution in [0.5, 0.6) is 0 Å². The summed E-state index contributed by atoms with van der Waals surface area (Å²) in [6.07, 6.45) is 6.16. The highest BCUT2D eigenvalue weighted by atomic mass is 35.5. The minimum absolute atomic E-state index is 0.0628. The van der Waals surface area contributed by atoms with Crippen LogP contribution < -0.4 is 5.73 Å². The van der Waals surface area contributed by atoms with E-state index in [4.69, 9.17) is 26.8 Å². The van der Waals surface area contributed by atoms with Crippen molar-refractivity contribution in [2.45, 2.75) is 75.5 Å². The lowest BCUT2D eigenvalue weighted by atomic mass is 9.56. The molecule has 1 spiro atoms. The second-order valence-corrected chi connectivity index (χ2v) is 11.9. The topological polar surface area (TPSA) is 97.9 Å². The smallest absolute Gasteiger partial charge is 0.225 e. The van der Waals surface area contributed by atoms with E-state index >= 15 is 0 Å². The maximum atomic E-state index is 13.5. The van der Waals surface area contributed by atoms with Gasteiger partial charge in [0.15, 0.2) is 0 Å². The van der Waals surface area contributed by atoms with E-state index in [1.54, 1.807) is 13.3 Å². The van der Waals surface area contributed by atoms with Crippen LogP contribution in [-0.4, -0.2) is 60.4 Å². The average Bonchev–Trinajstić information content (AvgIpc) is 3.36. The van der Waals surface area contributed by atoms with Gasteiger partial charge >= 0.3 is 0 Å². The van der Waals surface area contributed by atoms with E-state index in [1.165, 1.54) is 5.56 Å². The number of fused-ring (bicyclic) bond motifs is 2. The molecule has 2 fully saturated rings. The molecule has 0 bridgehead atoms. The zero-order chi connectivity index (χ0) is 27.1. The molecule has 5 rings (SSSR count). The summed E-state index contributed by atoms with van der Waals surface area (Å²) in [6.45, 7) is 6.07. The van der Waals surface area contributed by atoms with Crippen LogP contribution in [-0.2, 0) is 25.5 Å². The molecule has 1 aromatic carbocycles. The SMILES string of the molecule is COCCCC[C@@]1(O)c2c(cnc(Cl)c2-c2cccc(C(C)C)c2)[C@@]12CN(C(=O)[C@@H]1CC[C@H](N)C1)CCO2. The van der Waals surface area contributed by atoms with Crippen molar-refractivity contribution in [2.24, 2.45) is 11.7 Å². The third-order valence-corrected chi connectivity index (χ3v) is 9.07. The van der Waals surface area contributed by atoms with Gasteiger partial charge in [0.2, 0.25) is 5.91 Å². The first-order valence-electron chi connectivity index (χ1n) is 13.9. The monoisotopic (exact) mass is 541 g/mol. The molecule has 1 saturated heterocycles. The third-order valence-electron chi connectivity index (χ3n) is 8.79. The first-order chi connectivity index (χ1) is 18.2. The van der Waals surface area contributed by atoms with E-state index in [2.05, 4.69) is 31.0 Å². The Bertz CT molecular complexity index is 1190. The molecule has 4 atom stereocenters. The fourth-order valence-electron chi connectivity index (χ4n) is 6.68. The predicted octanol–water partition coefficient (Wildman–Crippen LogP) is 4.72. The number of pyridine rings is 1. The number of unbranched alkanes of at least 4 members (excludes halogenated alkanes) is 1. The van der Waals surface area contributed by atoms with Gasteiger partial charge in [-0.1, -0.05) is 49.7 Å². The lowest BCUT2D eigenvalue weighted by Gasteiger charge is -2.60. The van der Waals surface area contributed by atoms with Gasteiger partial charge in [-0.25, -0.2) is 4.98 Å². The molecule has 2 aromatic rings. The number of halogens is 1. The number of aliphatic hydroxyl groups is 1. The Balaban J connectivity index is 1.56. The fourth-order valence-corrected chi connectivity index (χ4v) is 6.93. The lowest BCUT2D eigenvalue weighted by Crippen LogP contribution is -2.68. The van der Waals surface area contributed by atoms with E-state index in [0.717, 1.165) is 47.9 Å². The average molecular weight is 542 g/mol. The first-order valence-corrected chi connectivity index (χ1v) is 14.3. The molecule has 7 nitrogen and oxygen atoms in total. The Labute approximate surface area is 230 Å². The molecule has 2 aliphatic carbocycles. The molecule has 2 heterocycles.